The van der Waals surface area contributed by atoms with E-state index in [0.717, 1.165) is 0 Å². The number of nitrogens with two attached hydrogens (primary N) is 1. The lowest BCUT2D eigenvalue weighted by molar-refractivity contribution is -0.142. The van der Waals surface area contributed by atoms with Gasteiger partial charge in [-0.05, 0) is 12.5 Å². The third kappa shape index (κ3) is 2.01. The second kappa shape index (κ2) is 3.85. The summed E-state index contributed by atoms with van der Waals surface area (Å²) in [5, 5.41) is 12.9. The third-order valence-corrected chi connectivity index (χ3v) is 2.95. The number of carboxylic acid groups (broad SMARTS) is 1. The van der Waals surface area contributed by atoms with E-state index in [9.17, 15) is 9.59 Å². The molecule has 3 N–H and O–H groups in total. The number of nitrogens with zero attached hydrogens (tertiary/aromatic N) is 3. The van der Waals surface area contributed by atoms with Gasteiger partial charge in [-0.25, -0.2) is 0 Å². The Morgan fingerprint density at radius 1 is 1.59 bits per heavy atom. The fraction of sp³-hybridized carbons (Fsp3) is 0.500. The summed E-state index contributed by atoms with van der Waals surface area (Å²) < 4.78 is 1.52. The first-order valence-electron chi connectivity index (χ1n) is 5.23. The number of aliphatic carboxylic acids is 1. The zero-order valence-corrected chi connectivity index (χ0v) is 9.46. The van der Waals surface area contributed by atoms with Crippen LogP contribution in [0.4, 0.5) is 0 Å². The second-order valence-electron chi connectivity index (χ2n) is 4.31. The molecule has 1 saturated heterocycles. The monoisotopic (exact) mass is 238 g/mol. The van der Waals surface area contributed by atoms with Crippen LogP contribution in [0.2, 0.25) is 0 Å². The SMILES string of the molecule is Cn1ccc(C(=O)N2CCC(N)(C(=O)O)C2)n1. The molecule has 7 heteroatoms. The maximum absolute atomic E-state index is 12.0. The van der Waals surface area contributed by atoms with Crippen LogP contribution in [0.15, 0.2) is 12.3 Å². The molecule has 1 atom stereocenters. The van der Waals surface area contributed by atoms with Crippen molar-refractivity contribution in [2.45, 2.75) is 12.0 Å². The first kappa shape index (κ1) is 11.6. The molecule has 2 heterocycles. The predicted octanol–water partition coefficient (Wildman–Crippen LogP) is -0.952. The van der Waals surface area contributed by atoms with E-state index >= 15 is 0 Å². The van der Waals surface area contributed by atoms with Gasteiger partial charge in [0, 0.05) is 26.3 Å². The summed E-state index contributed by atoms with van der Waals surface area (Å²) in [6.07, 6.45) is 1.93. The molecular formula is C10H14N4O3. The van der Waals surface area contributed by atoms with Crippen molar-refractivity contribution in [2.24, 2.45) is 12.8 Å². The fourth-order valence-corrected chi connectivity index (χ4v) is 1.87. The molecule has 17 heavy (non-hydrogen) atoms. The smallest absolute Gasteiger partial charge is 0.325 e. The van der Waals surface area contributed by atoms with Crippen LogP contribution in [0, 0.1) is 0 Å². The van der Waals surface area contributed by atoms with E-state index in [0.29, 0.717) is 12.2 Å². The molecule has 0 bridgehead atoms. The highest BCUT2D eigenvalue weighted by Gasteiger charge is 2.43. The van der Waals surface area contributed by atoms with Crippen molar-refractivity contribution < 1.29 is 14.7 Å². The van der Waals surface area contributed by atoms with Gasteiger partial charge in [-0.2, -0.15) is 5.10 Å². The maximum Gasteiger partial charge on any atom is 0.325 e. The number of aryl methyl sites for hydroxylation is 1. The van der Waals surface area contributed by atoms with E-state index in [1.165, 1.54) is 9.58 Å². The Hall–Kier alpha value is -1.89. The average molecular weight is 238 g/mol. The number of carboxylic acids is 1. The first-order chi connectivity index (χ1) is 7.92. The van der Waals surface area contributed by atoms with Gasteiger partial charge in [0.05, 0.1) is 0 Å². The van der Waals surface area contributed by atoms with E-state index in [2.05, 4.69) is 5.10 Å². The van der Waals surface area contributed by atoms with Crippen molar-refractivity contribution in [3.63, 3.8) is 0 Å². The Morgan fingerprint density at radius 2 is 2.29 bits per heavy atom. The zero-order chi connectivity index (χ0) is 12.6. The molecule has 1 aliphatic heterocycles. The van der Waals surface area contributed by atoms with Crippen molar-refractivity contribution in [3.05, 3.63) is 18.0 Å². The molecule has 7 nitrogen and oxygen atoms in total. The number of hydrogen-bond acceptors (Lipinski definition) is 4. The Labute approximate surface area is 97.8 Å². The summed E-state index contributed by atoms with van der Waals surface area (Å²) >= 11 is 0. The van der Waals surface area contributed by atoms with Crippen LogP contribution in [0.5, 0.6) is 0 Å². The van der Waals surface area contributed by atoms with Gasteiger partial charge in [0.1, 0.15) is 11.2 Å². The molecule has 1 aliphatic rings. The van der Waals surface area contributed by atoms with Gasteiger partial charge < -0.3 is 15.7 Å². The molecular weight excluding hydrogens is 224 g/mol. The summed E-state index contributed by atoms with van der Waals surface area (Å²) in [5.74, 6) is -1.35. The van der Waals surface area contributed by atoms with E-state index in [1.54, 1.807) is 19.3 Å². The van der Waals surface area contributed by atoms with Crippen LogP contribution >= 0.6 is 0 Å². The van der Waals surface area contributed by atoms with Gasteiger partial charge in [-0.1, -0.05) is 0 Å². The number of carbonyl (C=O) groups is 2. The number of hydrogen-bond donors (Lipinski definition) is 2. The Bertz CT molecular complexity index is 470. The minimum atomic E-state index is -1.33. The van der Waals surface area contributed by atoms with Gasteiger partial charge in [0.15, 0.2) is 0 Å². The lowest BCUT2D eigenvalue weighted by Crippen LogP contribution is -2.50. The lowest BCUT2D eigenvalue weighted by Gasteiger charge is -2.19. The molecule has 0 radical (unpaired) electrons. The highest BCUT2D eigenvalue weighted by atomic mass is 16.4. The second-order valence-corrected chi connectivity index (χ2v) is 4.31. The molecule has 1 fully saturated rings. The van der Waals surface area contributed by atoms with Crippen LogP contribution in [0.25, 0.3) is 0 Å². The van der Waals surface area contributed by atoms with E-state index in [-0.39, 0.29) is 18.9 Å². The molecule has 92 valence electrons. The summed E-state index contributed by atoms with van der Waals surface area (Å²) in [6, 6.07) is 1.60. The van der Waals surface area contributed by atoms with Gasteiger partial charge in [0.2, 0.25) is 0 Å². The molecule has 1 unspecified atom stereocenters. The molecule has 1 amide bonds. The summed E-state index contributed by atoms with van der Waals surface area (Å²) in [7, 11) is 1.71. The minimum absolute atomic E-state index is 0.0255. The van der Waals surface area contributed by atoms with Gasteiger partial charge in [0.25, 0.3) is 5.91 Å². The van der Waals surface area contributed by atoms with Crippen LogP contribution < -0.4 is 5.73 Å². The summed E-state index contributed by atoms with van der Waals surface area (Å²) in [6.45, 7) is 0.371. The molecule has 0 saturated carbocycles. The normalized spacial score (nSPS) is 24.0. The van der Waals surface area contributed by atoms with Gasteiger partial charge >= 0.3 is 5.97 Å². The molecule has 1 aromatic heterocycles. The van der Waals surface area contributed by atoms with E-state index < -0.39 is 11.5 Å². The average Bonchev–Trinajstić information content (AvgIpc) is 2.85. The molecule has 2 rings (SSSR count). The van der Waals surface area contributed by atoms with Crippen molar-refractivity contribution in [1.29, 1.82) is 0 Å². The lowest BCUT2D eigenvalue weighted by atomic mass is 10.0. The number of likely N-dealkylation sites (tertiary alicyclic amines) is 1. The Morgan fingerprint density at radius 3 is 2.76 bits per heavy atom. The van der Waals surface area contributed by atoms with Crippen molar-refractivity contribution >= 4 is 11.9 Å². The zero-order valence-electron chi connectivity index (χ0n) is 9.46. The highest BCUT2D eigenvalue weighted by Crippen LogP contribution is 2.20. The third-order valence-electron chi connectivity index (χ3n) is 2.95. The number of carbonyl (C=O) groups excluding carboxylic acids is 1. The van der Waals surface area contributed by atoms with Gasteiger partial charge in [-0.15, -0.1) is 0 Å². The summed E-state index contributed by atoms with van der Waals surface area (Å²) in [5.41, 5.74) is 4.67. The summed E-state index contributed by atoms with van der Waals surface area (Å²) in [4.78, 5) is 24.3. The standard InChI is InChI=1S/C10H14N4O3/c1-13-4-2-7(12-13)8(15)14-5-3-10(11,6-14)9(16)17/h2,4H,3,5-6,11H2,1H3,(H,16,17). The van der Waals surface area contributed by atoms with Crippen LogP contribution in [-0.2, 0) is 11.8 Å². The molecule has 1 aromatic rings. The Kier molecular flexibility index (Phi) is 2.62. The number of aromatic nitrogens is 2. The van der Waals surface area contributed by atoms with E-state index in [1.807, 2.05) is 0 Å². The first-order valence-corrected chi connectivity index (χ1v) is 5.23. The van der Waals surface area contributed by atoms with Gasteiger partial charge in [-0.3, -0.25) is 14.3 Å². The highest BCUT2D eigenvalue weighted by molar-refractivity contribution is 5.93. The minimum Gasteiger partial charge on any atom is -0.480 e. The van der Waals surface area contributed by atoms with Crippen LogP contribution in [-0.4, -0.2) is 50.3 Å². The van der Waals surface area contributed by atoms with Crippen molar-refractivity contribution in [2.75, 3.05) is 13.1 Å². The Balaban J connectivity index is 2.11. The predicted molar refractivity (Wildman–Crippen MR) is 58.3 cm³/mol. The maximum atomic E-state index is 12.0. The molecule has 0 aliphatic carbocycles. The van der Waals surface area contributed by atoms with Crippen molar-refractivity contribution in [1.82, 2.24) is 14.7 Å². The van der Waals surface area contributed by atoms with Crippen LogP contribution in [0.3, 0.4) is 0 Å². The largest absolute Gasteiger partial charge is 0.480 e. The quantitative estimate of drug-likeness (QED) is 0.691. The topological polar surface area (TPSA) is 101 Å². The molecule has 0 aromatic carbocycles. The fourth-order valence-electron chi connectivity index (χ4n) is 1.87. The van der Waals surface area contributed by atoms with Crippen molar-refractivity contribution in [3.8, 4) is 0 Å². The number of rotatable bonds is 2. The van der Waals surface area contributed by atoms with Crippen LogP contribution in [0.1, 0.15) is 16.9 Å². The van der Waals surface area contributed by atoms with E-state index in [4.69, 9.17) is 10.8 Å². The number of amides is 1. The molecule has 0 spiro atoms.